The molecule has 0 spiro atoms. The summed E-state index contributed by atoms with van der Waals surface area (Å²) in [5.74, 6) is 0.191. The number of carbonyl (C=O) groups is 1. The highest BCUT2D eigenvalue weighted by molar-refractivity contribution is 7.92. The molecule has 0 aliphatic rings. The van der Waals surface area contributed by atoms with Crippen LogP contribution in [-0.4, -0.2) is 39.9 Å². The lowest BCUT2D eigenvalue weighted by atomic mass is 10.2. The van der Waals surface area contributed by atoms with Crippen LogP contribution in [0.3, 0.4) is 0 Å². The van der Waals surface area contributed by atoms with Crippen molar-refractivity contribution in [2.45, 2.75) is 19.8 Å². The Labute approximate surface area is 176 Å². The number of nitrogens with one attached hydrogen (secondary N) is 1. The van der Waals surface area contributed by atoms with Crippen LogP contribution in [-0.2, 0) is 14.8 Å². The van der Waals surface area contributed by atoms with Gasteiger partial charge in [-0.1, -0.05) is 31.0 Å². The molecule has 2 aromatic carbocycles. The third kappa shape index (κ3) is 7.75. The number of rotatable bonds is 10. The van der Waals surface area contributed by atoms with Gasteiger partial charge in [-0.15, -0.1) is 0 Å². The number of benzene rings is 2. The van der Waals surface area contributed by atoms with E-state index in [9.17, 15) is 13.2 Å². The fourth-order valence-electron chi connectivity index (χ4n) is 2.36. The number of hydrogen-bond acceptors (Lipinski definition) is 5. The predicted octanol–water partition coefficient (Wildman–Crippen LogP) is 3.44. The number of amides is 1. The van der Waals surface area contributed by atoms with Gasteiger partial charge < -0.3 is 4.74 Å². The Kier molecular flexibility index (Phi) is 8.48. The molecular weight excluding hydrogens is 414 g/mol. The van der Waals surface area contributed by atoms with Gasteiger partial charge in [-0.3, -0.25) is 9.10 Å². The average Bonchev–Trinajstić information content (AvgIpc) is 2.67. The summed E-state index contributed by atoms with van der Waals surface area (Å²) in [5.41, 5.74) is 3.40. The van der Waals surface area contributed by atoms with Crippen molar-refractivity contribution in [1.29, 1.82) is 0 Å². The molecule has 0 heterocycles. The zero-order valence-corrected chi connectivity index (χ0v) is 17.9. The van der Waals surface area contributed by atoms with Gasteiger partial charge in [0.25, 0.3) is 5.91 Å². The molecule has 0 radical (unpaired) electrons. The lowest BCUT2D eigenvalue weighted by Crippen LogP contribution is -2.39. The lowest BCUT2D eigenvalue weighted by Gasteiger charge is -2.21. The fourth-order valence-corrected chi connectivity index (χ4v) is 3.39. The zero-order valence-electron chi connectivity index (χ0n) is 16.3. The van der Waals surface area contributed by atoms with E-state index in [2.05, 4.69) is 17.5 Å². The van der Waals surface area contributed by atoms with E-state index >= 15 is 0 Å². The molecular formula is C20H24ClN3O4S. The fraction of sp³-hybridized carbons (Fsp3) is 0.300. The van der Waals surface area contributed by atoms with E-state index < -0.39 is 22.5 Å². The molecule has 0 unspecified atom stereocenters. The summed E-state index contributed by atoms with van der Waals surface area (Å²) >= 11 is 5.92. The van der Waals surface area contributed by atoms with Crippen LogP contribution in [0.15, 0.2) is 53.6 Å². The van der Waals surface area contributed by atoms with E-state index in [1.165, 1.54) is 12.3 Å². The van der Waals surface area contributed by atoms with E-state index in [1.807, 2.05) is 24.3 Å². The first kappa shape index (κ1) is 22.7. The molecule has 0 aliphatic heterocycles. The number of carbonyl (C=O) groups excluding carboxylic acids is 1. The van der Waals surface area contributed by atoms with Crippen molar-refractivity contribution in [3.05, 3.63) is 59.1 Å². The number of nitrogens with zero attached hydrogens (tertiary/aromatic N) is 2. The first-order valence-corrected chi connectivity index (χ1v) is 11.3. The van der Waals surface area contributed by atoms with Crippen LogP contribution in [0.4, 0.5) is 5.69 Å². The standard InChI is InChI=1S/C20H24ClN3O4S/c1-3-4-12-28-19-10-8-16(9-11-19)14-22-23-20(25)15-24(29(2,26)27)18-7-5-6-17(21)13-18/h5-11,13-14H,3-4,12,15H2,1-2H3,(H,23,25)/b22-14-. The van der Waals surface area contributed by atoms with Gasteiger partial charge in [0.2, 0.25) is 10.0 Å². The molecule has 29 heavy (non-hydrogen) atoms. The van der Waals surface area contributed by atoms with E-state index in [4.69, 9.17) is 16.3 Å². The molecule has 0 aromatic heterocycles. The van der Waals surface area contributed by atoms with Gasteiger partial charge >= 0.3 is 0 Å². The molecule has 0 fully saturated rings. The Morgan fingerprint density at radius 2 is 1.97 bits per heavy atom. The maximum Gasteiger partial charge on any atom is 0.260 e. The smallest absolute Gasteiger partial charge is 0.260 e. The van der Waals surface area contributed by atoms with Crippen LogP contribution in [0.25, 0.3) is 0 Å². The monoisotopic (exact) mass is 437 g/mol. The number of hydrazone groups is 1. The average molecular weight is 438 g/mol. The summed E-state index contributed by atoms with van der Waals surface area (Å²) in [4.78, 5) is 12.2. The second-order valence-corrected chi connectivity index (χ2v) is 8.66. The molecule has 156 valence electrons. The summed E-state index contributed by atoms with van der Waals surface area (Å²) in [6.07, 6.45) is 4.56. The minimum Gasteiger partial charge on any atom is -0.494 e. The van der Waals surface area contributed by atoms with Gasteiger partial charge in [-0.25, -0.2) is 13.8 Å². The van der Waals surface area contributed by atoms with Crippen molar-refractivity contribution < 1.29 is 17.9 Å². The Balaban J connectivity index is 1.95. The molecule has 0 atom stereocenters. The van der Waals surface area contributed by atoms with E-state index in [0.29, 0.717) is 17.3 Å². The van der Waals surface area contributed by atoms with Crippen molar-refractivity contribution in [3.63, 3.8) is 0 Å². The third-order valence-corrected chi connectivity index (χ3v) is 5.21. The molecule has 0 saturated carbocycles. The second-order valence-electron chi connectivity index (χ2n) is 6.31. The number of unbranched alkanes of at least 4 members (excludes halogenated alkanes) is 1. The molecule has 0 bridgehead atoms. The van der Waals surface area contributed by atoms with Gasteiger partial charge in [-0.2, -0.15) is 5.10 Å². The Hall–Kier alpha value is -2.58. The molecule has 2 rings (SSSR count). The van der Waals surface area contributed by atoms with Crippen molar-refractivity contribution in [3.8, 4) is 5.75 Å². The Morgan fingerprint density at radius 3 is 2.59 bits per heavy atom. The lowest BCUT2D eigenvalue weighted by molar-refractivity contribution is -0.119. The topological polar surface area (TPSA) is 88.1 Å². The van der Waals surface area contributed by atoms with Gasteiger partial charge in [0.15, 0.2) is 0 Å². The van der Waals surface area contributed by atoms with Gasteiger partial charge in [0.1, 0.15) is 12.3 Å². The largest absolute Gasteiger partial charge is 0.494 e. The summed E-state index contributed by atoms with van der Waals surface area (Å²) in [6, 6.07) is 13.5. The normalized spacial score (nSPS) is 11.4. The molecule has 1 N–H and O–H groups in total. The summed E-state index contributed by atoms with van der Waals surface area (Å²) < 4.78 is 30.7. The highest BCUT2D eigenvalue weighted by Crippen LogP contribution is 2.21. The summed E-state index contributed by atoms with van der Waals surface area (Å²) in [7, 11) is -3.67. The predicted molar refractivity (Wildman–Crippen MR) is 116 cm³/mol. The molecule has 2 aromatic rings. The SMILES string of the molecule is CCCCOc1ccc(/C=N\NC(=O)CN(c2cccc(Cl)c2)S(C)(=O)=O)cc1. The van der Waals surface area contributed by atoms with Crippen LogP contribution in [0.2, 0.25) is 5.02 Å². The van der Waals surface area contributed by atoms with E-state index in [-0.39, 0.29) is 0 Å². The van der Waals surface area contributed by atoms with Gasteiger partial charge in [-0.05, 0) is 54.4 Å². The molecule has 7 nitrogen and oxygen atoms in total. The number of anilines is 1. The van der Waals surface area contributed by atoms with Crippen molar-refractivity contribution in [2.24, 2.45) is 5.10 Å². The molecule has 1 amide bonds. The molecule has 0 aliphatic carbocycles. The number of sulfonamides is 1. The van der Waals surface area contributed by atoms with E-state index in [0.717, 1.165) is 34.7 Å². The second kappa shape index (κ2) is 10.8. The summed E-state index contributed by atoms with van der Waals surface area (Å²) in [5, 5.41) is 4.25. The van der Waals surface area contributed by atoms with Crippen molar-refractivity contribution in [1.82, 2.24) is 5.43 Å². The number of hydrogen-bond donors (Lipinski definition) is 1. The van der Waals surface area contributed by atoms with Crippen LogP contribution in [0.1, 0.15) is 25.3 Å². The van der Waals surface area contributed by atoms with Crippen molar-refractivity contribution >= 4 is 39.4 Å². The minimum atomic E-state index is -3.67. The Bertz CT molecular complexity index is 946. The minimum absolute atomic E-state index is 0.304. The van der Waals surface area contributed by atoms with E-state index in [1.54, 1.807) is 18.2 Å². The Morgan fingerprint density at radius 1 is 1.24 bits per heavy atom. The highest BCUT2D eigenvalue weighted by atomic mass is 35.5. The first-order chi connectivity index (χ1) is 13.8. The number of halogens is 1. The van der Waals surface area contributed by atoms with Crippen LogP contribution < -0.4 is 14.5 Å². The molecule has 9 heteroatoms. The quantitative estimate of drug-likeness (QED) is 0.350. The summed E-state index contributed by atoms with van der Waals surface area (Å²) in [6.45, 7) is 2.35. The van der Waals surface area contributed by atoms with Gasteiger partial charge in [0.05, 0.1) is 24.8 Å². The molecule has 0 saturated heterocycles. The maximum absolute atomic E-state index is 12.2. The maximum atomic E-state index is 12.2. The van der Waals surface area contributed by atoms with Crippen LogP contribution in [0, 0.1) is 0 Å². The first-order valence-electron chi connectivity index (χ1n) is 9.07. The van der Waals surface area contributed by atoms with Gasteiger partial charge in [0, 0.05) is 5.02 Å². The third-order valence-electron chi connectivity index (χ3n) is 3.83. The van der Waals surface area contributed by atoms with Crippen LogP contribution in [0.5, 0.6) is 5.75 Å². The number of ether oxygens (including phenoxy) is 1. The highest BCUT2D eigenvalue weighted by Gasteiger charge is 2.20. The van der Waals surface area contributed by atoms with Crippen molar-refractivity contribution in [2.75, 3.05) is 23.7 Å². The van der Waals surface area contributed by atoms with Crippen LogP contribution >= 0.6 is 11.6 Å². The zero-order chi connectivity index (χ0) is 21.3.